The predicted octanol–water partition coefficient (Wildman–Crippen LogP) is 2.58. The van der Waals surface area contributed by atoms with Gasteiger partial charge in [-0.05, 0) is 51.0 Å². The third kappa shape index (κ3) is 4.43. The Hall–Kier alpha value is -3.11. The van der Waals surface area contributed by atoms with E-state index in [1.165, 1.54) is 26.6 Å². The van der Waals surface area contributed by atoms with Crippen molar-refractivity contribution < 1.29 is 17.6 Å². The molecule has 192 valence electrons. The molecule has 10 heteroatoms. The Labute approximate surface area is 210 Å². The molecule has 2 aliphatic rings. The lowest BCUT2D eigenvalue weighted by atomic mass is 9.97. The molecule has 0 N–H and O–H groups in total. The van der Waals surface area contributed by atoms with Gasteiger partial charge in [0, 0.05) is 57.6 Å². The number of sulfonamides is 1. The first-order chi connectivity index (χ1) is 17.1. The van der Waals surface area contributed by atoms with Crippen LogP contribution in [0.15, 0.2) is 56.6 Å². The second-order valence-corrected chi connectivity index (χ2v) is 11.9. The molecule has 5 rings (SSSR count). The summed E-state index contributed by atoms with van der Waals surface area (Å²) in [6.45, 7) is 6.67. The van der Waals surface area contributed by atoms with Gasteiger partial charge >= 0.3 is 5.76 Å². The Morgan fingerprint density at radius 1 is 1.03 bits per heavy atom. The van der Waals surface area contributed by atoms with Crippen LogP contribution in [-0.4, -0.2) is 66.9 Å². The van der Waals surface area contributed by atoms with Gasteiger partial charge in [0.1, 0.15) is 0 Å². The van der Waals surface area contributed by atoms with Gasteiger partial charge in [-0.1, -0.05) is 17.7 Å². The van der Waals surface area contributed by atoms with E-state index >= 15 is 0 Å². The number of amides is 1. The average molecular weight is 513 g/mol. The lowest BCUT2D eigenvalue weighted by Gasteiger charge is -2.43. The molecule has 2 saturated heterocycles. The number of benzene rings is 2. The van der Waals surface area contributed by atoms with Gasteiger partial charge in [0.25, 0.3) is 0 Å². The smallest absolute Gasteiger partial charge is 0.408 e. The van der Waals surface area contributed by atoms with Gasteiger partial charge in [-0.2, -0.15) is 4.31 Å². The summed E-state index contributed by atoms with van der Waals surface area (Å²) in [6, 6.07) is 13.1. The normalized spacial score (nSPS) is 21.8. The van der Waals surface area contributed by atoms with Gasteiger partial charge in [0.15, 0.2) is 5.58 Å². The van der Waals surface area contributed by atoms with Crippen LogP contribution >= 0.6 is 0 Å². The van der Waals surface area contributed by atoms with Crippen LogP contribution in [0.5, 0.6) is 0 Å². The largest absolute Gasteiger partial charge is 0.419 e. The number of hydrogen-bond donors (Lipinski definition) is 0. The van der Waals surface area contributed by atoms with Gasteiger partial charge in [0.05, 0.1) is 16.3 Å². The molecule has 2 aromatic carbocycles. The van der Waals surface area contributed by atoms with Crippen molar-refractivity contribution in [1.82, 2.24) is 13.8 Å². The van der Waals surface area contributed by atoms with Crippen LogP contribution < -0.4 is 10.7 Å². The minimum atomic E-state index is -3.83. The highest BCUT2D eigenvalue weighted by molar-refractivity contribution is 7.89. The maximum Gasteiger partial charge on any atom is 0.419 e. The summed E-state index contributed by atoms with van der Waals surface area (Å²) in [5, 5.41) is 0. The number of anilines is 1. The van der Waals surface area contributed by atoms with Crippen molar-refractivity contribution in [2.75, 3.05) is 37.6 Å². The van der Waals surface area contributed by atoms with Crippen LogP contribution in [0.1, 0.15) is 25.3 Å². The molecule has 1 aromatic heterocycles. The number of aryl methyl sites for hydroxylation is 2. The number of aromatic nitrogens is 1. The second kappa shape index (κ2) is 9.40. The van der Waals surface area contributed by atoms with Crippen molar-refractivity contribution in [2.24, 2.45) is 13.0 Å². The highest BCUT2D eigenvalue weighted by atomic mass is 32.2. The Bertz CT molecular complexity index is 1440. The minimum absolute atomic E-state index is 0.0230. The Morgan fingerprint density at radius 3 is 2.50 bits per heavy atom. The number of hydrogen-bond acceptors (Lipinski definition) is 6. The number of piperazine rings is 1. The molecule has 1 amide bonds. The van der Waals surface area contributed by atoms with Crippen molar-refractivity contribution in [1.29, 1.82) is 0 Å². The molecular formula is C26H32N4O5S. The Kier molecular flexibility index (Phi) is 6.42. The zero-order chi connectivity index (χ0) is 25.6. The Balaban J connectivity index is 1.28. The van der Waals surface area contributed by atoms with Crippen LogP contribution in [-0.2, 0) is 21.9 Å². The molecule has 9 nitrogen and oxygen atoms in total. The van der Waals surface area contributed by atoms with Crippen LogP contribution in [0, 0.1) is 12.8 Å². The first-order valence-corrected chi connectivity index (χ1v) is 13.8. The summed E-state index contributed by atoms with van der Waals surface area (Å²) in [5.74, 6) is -0.889. The standard InChI is InChI=1S/C26H32N4O5S/c1-18-6-8-21(9-7-18)30-14-13-28(16-19(30)2)25(31)20-5-4-12-29(17-20)36(33,34)22-10-11-23-24(15-22)35-26(32)27(23)3/h6-11,15,19-20H,4-5,12-14,16-17H2,1-3H3/t19-,20+/m1/s1. The van der Waals surface area contributed by atoms with Crippen molar-refractivity contribution >= 4 is 32.7 Å². The van der Waals surface area contributed by atoms with Gasteiger partial charge < -0.3 is 14.2 Å². The number of rotatable bonds is 4. The summed E-state index contributed by atoms with van der Waals surface area (Å²) < 4.78 is 34.7. The van der Waals surface area contributed by atoms with Crippen LogP contribution in [0.4, 0.5) is 5.69 Å². The summed E-state index contributed by atoms with van der Waals surface area (Å²) in [7, 11) is -2.26. The average Bonchev–Trinajstić information content (AvgIpc) is 3.17. The fourth-order valence-electron chi connectivity index (χ4n) is 5.32. The van der Waals surface area contributed by atoms with E-state index in [-0.39, 0.29) is 34.9 Å². The van der Waals surface area contributed by atoms with Crippen LogP contribution in [0.3, 0.4) is 0 Å². The first-order valence-electron chi connectivity index (χ1n) is 12.4. The maximum atomic E-state index is 13.4. The van der Waals surface area contributed by atoms with Gasteiger partial charge in [-0.15, -0.1) is 0 Å². The van der Waals surface area contributed by atoms with E-state index in [1.807, 2.05) is 4.90 Å². The molecule has 3 heterocycles. The SMILES string of the molecule is Cc1ccc(N2CCN(C(=O)[C@H]3CCCN(S(=O)(=O)c4ccc5c(c4)oc(=O)n5C)C3)C[C@H]2C)cc1. The molecule has 2 aliphatic heterocycles. The van der Waals surface area contributed by atoms with Gasteiger partial charge in [-0.25, -0.2) is 13.2 Å². The number of nitrogens with zero attached hydrogens (tertiary/aromatic N) is 4. The second-order valence-electron chi connectivity index (χ2n) is 9.92. The summed E-state index contributed by atoms with van der Waals surface area (Å²) in [5.41, 5.74) is 3.13. The van der Waals surface area contributed by atoms with Crippen molar-refractivity contribution in [3.63, 3.8) is 0 Å². The first kappa shape index (κ1) is 24.6. The molecule has 2 atom stereocenters. The lowest BCUT2D eigenvalue weighted by molar-refractivity contribution is -0.137. The molecule has 0 spiro atoms. The molecule has 2 fully saturated rings. The van der Waals surface area contributed by atoms with E-state index in [9.17, 15) is 18.0 Å². The molecule has 3 aromatic rings. The van der Waals surface area contributed by atoms with E-state index in [4.69, 9.17) is 4.42 Å². The zero-order valence-electron chi connectivity index (χ0n) is 20.9. The monoisotopic (exact) mass is 512 g/mol. The number of piperidine rings is 1. The molecule has 0 bridgehead atoms. The highest BCUT2D eigenvalue weighted by Gasteiger charge is 2.37. The lowest BCUT2D eigenvalue weighted by Crippen LogP contribution is -2.56. The summed E-state index contributed by atoms with van der Waals surface area (Å²) in [4.78, 5) is 29.5. The topological polar surface area (TPSA) is 96.1 Å². The molecular weight excluding hydrogens is 480 g/mol. The maximum absolute atomic E-state index is 13.4. The molecule has 0 saturated carbocycles. The van der Waals surface area contributed by atoms with Gasteiger partial charge in [0.2, 0.25) is 15.9 Å². The number of carbonyl (C=O) groups is 1. The number of carbonyl (C=O) groups excluding carboxylic acids is 1. The molecule has 36 heavy (non-hydrogen) atoms. The summed E-state index contributed by atoms with van der Waals surface area (Å²) >= 11 is 0. The van der Waals surface area contributed by atoms with E-state index in [2.05, 4.69) is 43.0 Å². The van der Waals surface area contributed by atoms with Crippen molar-refractivity contribution in [2.45, 2.75) is 37.6 Å². The molecule has 0 radical (unpaired) electrons. The number of oxazole rings is 1. The Morgan fingerprint density at radius 2 is 1.78 bits per heavy atom. The van der Waals surface area contributed by atoms with Gasteiger partial charge in [-0.3, -0.25) is 9.36 Å². The van der Waals surface area contributed by atoms with Crippen LogP contribution in [0.2, 0.25) is 0 Å². The van der Waals surface area contributed by atoms with Crippen molar-refractivity contribution in [3.05, 3.63) is 58.6 Å². The van der Waals surface area contributed by atoms with E-state index < -0.39 is 15.8 Å². The predicted molar refractivity (Wildman–Crippen MR) is 138 cm³/mol. The zero-order valence-corrected chi connectivity index (χ0v) is 21.7. The van der Waals surface area contributed by atoms with E-state index in [1.54, 1.807) is 13.1 Å². The fourth-order valence-corrected chi connectivity index (χ4v) is 6.86. The highest BCUT2D eigenvalue weighted by Crippen LogP contribution is 2.28. The molecule has 0 unspecified atom stereocenters. The third-order valence-electron chi connectivity index (χ3n) is 7.44. The number of fused-ring (bicyclic) bond motifs is 1. The fraction of sp³-hybridized carbons (Fsp3) is 0.462. The summed E-state index contributed by atoms with van der Waals surface area (Å²) in [6.07, 6.45) is 1.29. The quantitative estimate of drug-likeness (QED) is 0.533. The van der Waals surface area contributed by atoms with E-state index in [0.29, 0.717) is 38.0 Å². The van der Waals surface area contributed by atoms with Crippen molar-refractivity contribution in [3.8, 4) is 0 Å². The molecule has 0 aliphatic carbocycles. The third-order valence-corrected chi connectivity index (χ3v) is 9.30. The van der Waals surface area contributed by atoms with Crippen LogP contribution in [0.25, 0.3) is 11.1 Å². The minimum Gasteiger partial charge on any atom is -0.408 e. The van der Waals surface area contributed by atoms with E-state index in [0.717, 1.165) is 12.2 Å².